The van der Waals surface area contributed by atoms with E-state index in [4.69, 9.17) is 4.74 Å². The second-order valence-electron chi connectivity index (χ2n) is 11.8. The van der Waals surface area contributed by atoms with Gasteiger partial charge in [-0.3, -0.25) is 4.79 Å². The zero-order valence-electron chi connectivity index (χ0n) is 25.3. The van der Waals surface area contributed by atoms with Crippen molar-refractivity contribution in [2.24, 2.45) is 10.8 Å². The fraction of sp³-hybridized carbons (Fsp3) is 0.471. The van der Waals surface area contributed by atoms with Crippen molar-refractivity contribution in [3.05, 3.63) is 77.7 Å². The molecule has 1 radical (unpaired) electrons. The van der Waals surface area contributed by atoms with E-state index in [-0.39, 0.29) is 42.5 Å². The summed E-state index contributed by atoms with van der Waals surface area (Å²) >= 11 is 0. The Labute approximate surface area is 249 Å². The second-order valence-corrected chi connectivity index (χ2v) is 11.8. The number of allylic oxidation sites excluding steroid dienone is 2. The number of aliphatic hydroxyl groups is 1. The number of hydrogen-bond donors (Lipinski definition) is 1. The first-order chi connectivity index (χ1) is 17.7. The summed E-state index contributed by atoms with van der Waals surface area (Å²) in [5.41, 5.74) is 1.98. The maximum Gasteiger partial charge on any atom is 0.224 e. The zero-order valence-corrected chi connectivity index (χ0v) is 27.7. The van der Waals surface area contributed by atoms with E-state index >= 15 is 0 Å². The number of pyridine rings is 1. The smallest absolute Gasteiger partial charge is 0.224 e. The Morgan fingerprint density at radius 1 is 0.974 bits per heavy atom. The standard InChI is InChI=1S/C21H22NO.C13H24O2.Ir/c1-14(2)16-12-19(15(3)4)18-10-11-22-21(20(18)13-16)23-17-8-6-5-7-9-17;1-7-12(3,4)10(14)9-11(15)13(5,6)8-2;/h5-8,10-15H,1-4H3;9,14H,7-8H2,1-6H3;/q-1;;/b;10-9-;. The predicted octanol–water partition coefficient (Wildman–Crippen LogP) is 9.94. The Balaban J connectivity index is 0.000000418. The number of rotatable bonds is 9. The number of aromatic nitrogens is 1. The van der Waals surface area contributed by atoms with Crippen LogP contribution in [-0.2, 0) is 24.9 Å². The number of ether oxygens (including phenoxy) is 1. The third kappa shape index (κ3) is 9.29. The van der Waals surface area contributed by atoms with Gasteiger partial charge in [0.15, 0.2) is 5.78 Å². The summed E-state index contributed by atoms with van der Waals surface area (Å²) in [5, 5.41) is 12.1. The van der Waals surface area contributed by atoms with Crippen LogP contribution in [0.25, 0.3) is 10.8 Å². The Bertz CT molecular complexity index is 1240. The third-order valence-electron chi connectivity index (χ3n) is 7.47. The van der Waals surface area contributed by atoms with Crippen LogP contribution in [0.3, 0.4) is 0 Å². The van der Waals surface area contributed by atoms with Crippen molar-refractivity contribution in [2.45, 2.75) is 93.9 Å². The number of fused-ring (bicyclic) bond motifs is 1. The molecule has 3 aromatic rings. The van der Waals surface area contributed by atoms with Gasteiger partial charge in [0.1, 0.15) is 5.76 Å². The molecule has 3 rings (SSSR count). The van der Waals surface area contributed by atoms with E-state index in [2.05, 4.69) is 56.9 Å². The van der Waals surface area contributed by atoms with Crippen molar-refractivity contribution >= 4 is 16.6 Å². The summed E-state index contributed by atoms with van der Waals surface area (Å²) in [6, 6.07) is 17.3. The summed E-state index contributed by atoms with van der Waals surface area (Å²) in [6.45, 7) is 20.5. The van der Waals surface area contributed by atoms with Crippen LogP contribution in [0.1, 0.15) is 105 Å². The molecule has 0 aliphatic rings. The van der Waals surface area contributed by atoms with E-state index in [1.807, 2.05) is 72.0 Å². The molecule has 0 aliphatic carbocycles. The topological polar surface area (TPSA) is 59.4 Å². The monoisotopic (exact) mass is 709 g/mol. The number of para-hydroxylation sites is 1. The summed E-state index contributed by atoms with van der Waals surface area (Å²) in [6.07, 6.45) is 4.81. The molecule has 0 unspecified atom stereocenters. The first-order valence-electron chi connectivity index (χ1n) is 13.8. The van der Waals surface area contributed by atoms with Crippen molar-refractivity contribution in [2.75, 3.05) is 0 Å². The molecule has 4 nitrogen and oxygen atoms in total. The van der Waals surface area contributed by atoms with Crippen LogP contribution >= 0.6 is 0 Å². The molecule has 0 atom stereocenters. The van der Waals surface area contributed by atoms with Gasteiger partial charge in [0, 0.05) is 54.3 Å². The molecule has 2 aromatic carbocycles. The minimum atomic E-state index is -0.377. The number of hydrogen-bond acceptors (Lipinski definition) is 4. The maximum atomic E-state index is 11.8. The molecular formula is C34H46IrNO3-. The van der Waals surface area contributed by atoms with Gasteiger partial charge in [-0.25, -0.2) is 4.98 Å². The molecule has 1 N–H and O–H groups in total. The average molecular weight is 709 g/mol. The molecule has 1 heterocycles. The van der Waals surface area contributed by atoms with Gasteiger partial charge in [0.2, 0.25) is 5.88 Å². The zero-order chi connectivity index (χ0) is 28.7. The molecule has 5 heteroatoms. The Hall–Kier alpha value is -2.49. The van der Waals surface area contributed by atoms with Gasteiger partial charge in [-0.05, 0) is 53.3 Å². The van der Waals surface area contributed by atoms with Crippen LogP contribution in [0.15, 0.2) is 60.5 Å². The first-order valence-corrected chi connectivity index (χ1v) is 13.8. The Morgan fingerprint density at radius 2 is 1.62 bits per heavy atom. The van der Waals surface area contributed by atoms with E-state index in [0.717, 1.165) is 18.2 Å². The maximum absolute atomic E-state index is 11.8. The average Bonchev–Trinajstić information content (AvgIpc) is 2.88. The number of aliphatic hydroxyl groups excluding tert-OH is 1. The van der Waals surface area contributed by atoms with Gasteiger partial charge in [0.25, 0.3) is 0 Å². The van der Waals surface area contributed by atoms with E-state index in [1.165, 1.54) is 22.6 Å². The minimum absolute atomic E-state index is 0. The number of nitrogens with zero attached hydrogens (tertiary/aromatic N) is 1. The van der Waals surface area contributed by atoms with Crippen LogP contribution in [-0.4, -0.2) is 15.9 Å². The van der Waals surface area contributed by atoms with E-state index < -0.39 is 0 Å². The minimum Gasteiger partial charge on any atom is -0.512 e. The fourth-order valence-electron chi connectivity index (χ4n) is 3.62. The Kier molecular flexibility index (Phi) is 13.1. The number of benzene rings is 2. The first kappa shape index (κ1) is 34.5. The quantitative estimate of drug-likeness (QED) is 0.137. The van der Waals surface area contributed by atoms with Crippen LogP contribution in [0.2, 0.25) is 0 Å². The van der Waals surface area contributed by atoms with Gasteiger partial charge >= 0.3 is 0 Å². The normalized spacial score (nSPS) is 12.2. The largest absolute Gasteiger partial charge is 0.512 e. The summed E-state index contributed by atoms with van der Waals surface area (Å²) in [5.74, 6) is 2.45. The van der Waals surface area contributed by atoms with Crippen LogP contribution in [0, 0.1) is 16.9 Å². The van der Waals surface area contributed by atoms with E-state index in [0.29, 0.717) is 23.5 Å². The van der Waals surface area contributed by atoms with Crippen molar-refractivity contribution in [1.29, 1.82) is 0 Å². The molecule has 39 heavy (non-hydrogen) atoms. The van der Waals surface area contributed by atoms with Crippen molar-refractivity contribution in [3.63, 3.8) is 0 Å². The van der Waals surface area contributed by atoms with Crippen molar-refractivity contribution in [3.8, 4) is 11.6 Å². The number of ketones is 1. The molecule has 0 aliphatic heterocycles. The van der Waals surface area contributed by atoms with Gasteiger partial charge in [-0.2, -0.15) is 18.2 Å². The van der Waals surface area contributed by atoms with E-state index in [1.54, 1.807) is 0 Å². The summed E-state index contributed by atoms with van der Waals surface area (Å²) in [4.78, 5) is 16.3. The SMILES string of the molecule is CC(C)c1cc(C(C)C)c2ccnc(Oc3[c-]cccc3)c2c1.CCC(C)(C)C(=O)/C=C(\O)C(C)(C)CC.[Ir]. The number of carbonyl (C=O) groups is 1. The second kappa shape index (κ2) is 14.8. The predicted molar refractivity (Wildman–Crippen MR) is 159 cm³/mol. The van der Waals surface area contributed by atoms with Crippen molar-refractivity contribution in [1.82, 2.24) is 4.98 Å². The van der Waals surface area contributed by atoms with Crippen LogP contribution < -0.4 is 4.74 Å². The number of carbonyl (C=O) groups excluding carboxylic acids is 1. The van der Waals surface area contributed by atoms with Crippen LogP contribution in [0.5, 0.6) is 11.6 Å². The van der Waals surface area contributed by atoms with E-state index in [9.17, 15) is 9.90 Å². The van der Waals surface area contributed by atoms with Gasteiger partial charge in [-0.1, -0.05) is 75.3 Å². The molecule has 0 bridgehead atoms. The Morgan fingerprint density at radius 3 is 2.13 bits per heavy atom. The van der Waals surface area contributed by atoms with Gasteiger partial charge in [0.05, 0.1) is 0 Å². The fourth-order valence-corrected chi connectivity index (χ4v) is 3.62. The van der Waals surface area contributed by atoms with Crippen molar-refractivity contribution < 1.29 is 34.7 Å². The third-order valence-corrected chi connectivity index (χ3v) is 7.47. The summed E-state index contributed by atoms with van der Waals surface area (Å²) in [7, 11) is 0. The molecule has 0 spiro atoms. The van der Waals surface area contributed by atoms with Gasteiger partial charge in [-0.15, -0.1) is 12.1 Å². The van der Waals surface area contributed by atoms with Gasteiger partial charge < -0.3 is 9.84 Å². The van der Waals surface area contributed by atoms with Crippen LogP contribution in [0.4, 0.5) is 0 Å². The molecule has 1 aromatic heterocycles. The molecule has 0 fully saturated rings. The molecule has 0 saturated carbocycles. The molecule has 0 amide bonds. The molecular weight excluding hydrogens is 663 g/mol. The molecule has 0 saturated heterocycles. The molecule has 215 valence electrons. The summed E-state index contributed by atoms with van der Waals surface area (Å²) < 4.78 is 5.99.